The molecule has 0 spiro atoms. The van der Waals surface area contributed by atoms with Crippen molar-refractivity contribution in [1.82, 2.24) is 9.88 Å². The number of ether oxygens (including phenoxy) is 1. The molecular weight excluding hydrogens is 200 g/mol. The fraction of sp³-hybridized carbons (Fsp3) is 0.385. The minimum atomic E-state index is 0.932. The Labute approximate surface area is 95.0 Å². The van der Waals surface area contributed by atoms with E-state index in [2.05, 4.69) is 28.1 Å². The molecule has 84 valence electrons. The van der Waals surface area contributed by atoms with Gasteiger partial charge in [0.15, 0.2) is 0 Å². The Morgan fingerprint density at radius 3 is 3.12 bits per heavy atom. The van der Waals surface area contributed by atoms with Crippen molar-refractivity contribution in [3.05, 3.63) is 30.0 Å². The zero-order valence-electron chi connectivity index (χ0n) is 9.49. The fourth-order valence-corrected chi connectivity index (χ4v) is 2.42. The molecule has 0 radical (unpaired) electrons. The van der Waals surface area contributed by atoms with Crippen LogP contribution in [0.5, 0.6) is 5.75 Å². The maximum Gasteiger partial charge on any atom is 0.119 e. The first-order chi connectivity index (χ1) is 7.88. The zero-order valence-corrected chi connectivity index (χ0v) is 9.49. The average molecular weight is 216 g/mol. The summed E-state index contributed by atoms with van der Waals surface area (Å²) in [5.41, 5.74) is 2.69. The molecule has 3 nitrogen and oxygen atoms in total. The second kappa shape index (κ2) is 3.83. The molecule has 1 aromatic carbocycles. The van der Waals surface area contributed by atoms with Crippen LogP contribution in [0.1, 0.15) is 12.1 Å². The van der Waals surface area contributed by atoms with E-state index in [0.717, 1.165) is 25.4 Å². The Morgan fingerprint density at radius 2 is 2.25 bits per heavy atom. The Morgan fingerprint density at radius 1 is 1.31 bits per heavy atom. The zero-order chi connectivity index (χ0) is 11.0. The Kier molecular flexibility index (Phi) is 2.33. The highest BCUT2D eigenvalue weighted by Crippen LogP contribution is 2.25. The van der Waals surface area contributed by atoms with Crippen LogP contribution < -0.4 is 10.1 Å². The number of rotatable bonds is 1. The van der Waals surface area contributed by atoms with Gasteiger partial charge in [0.2, 0.25) is 0 Å². The van der Waals surface area contributed by atoms with Gasteiger partial charge in [0, 0.05) is 29.7 Å². The molecule has 1 aliphatic heterocycles. The molecule has 0 amide bonds. The molecule has 16 heavy (non-hydrogen) atoms. The molecule has 2 heterocycles. The largest absolute Gasteiger partial charge is 0.497 e. The first-order valence-corrected chi connectivity index (χ1v) is 5.75. The van der Waals surface area contributed by atoms with Crippen LogP contribution in [0.2, 0.25) is 0 Å². The van der Waals surface area contributed by atoms with Crippen LogP contribution in [0.15, 0.2) is 24.3 Å². The van der Waals surface area contributed by atoms with Gasteiger partial charge in [-0.2, -0.15) is 0 Å². The topological polar surface area (TPSA) is 26.2 Å². The van der Waals surface area contributed by atoms with Crippen LogP contribution in [-0.2, 0) is 13.1 Å². The number of nitrogens with zero attached hydrogens (tertiary/aromatic N) is 1. The van der Waals surface area contributed by atoms with E-state index in [1.807, 2.05) is 6.07 Å². The van der Waals surface area contributed by atoms with E-state index in [1.54, 1.807) is 7.11 Å². The summed E-state index contributed by atoms with van der Waals surface area (Å²) in [7, 11) is 1.71. The van der Waals surface area contributed by atoms with Crippen LogP contribution in [-0.4, -0.2) is 18.2 Å². The van der Waals surface area contributed by atoms with Gasteiger partial charge in [-0.1, -0.05) is 0 Å². The molecule has 3 rings (SSSR count). The summed E-state index contributed by atoms with van der Waals surface area (Å²) in [6.07, 6.45) is 1.20. The highest BCUT2D eigenvalue weighted by atomic mass is 16.5. The lowest BCUT2D eigenvalue weighted by Gasteiger charge is -2.05. The number of aromatic nitrogens is 1. The third kappa shape index (κ3) is 1.48. The molecule has 2 aromatic rings. The summed E-state index contributed by atoms with van der Waals surface area (Å²) in [4.78, 5) is 0. The van der Waals surface area contributed by atoms with Crippen molar-refractivity contribution in [2.45, 2.75) is 19.5 Å². The van der Waals surface area contributed by atoms with Crippen molar-refractivity contribution in [3.63, 3.8) is 0 Å². The second-order valence-electron chi connectivity index (χ2n) is 4.24. The summed E-state index contributed by atoms with van der Waals surface area (Å²) in [5, 5.41) is 4.72. The lowest BCUT2D eigenvalue weighted by Crippen LogP contribution is -2.11. The summed E-state index contributed by atoms with van der Waals surface area (Å²) in [6, 6.07) is 8.56. The van der Waals surface area contributed by atoms with E-state index in [1.165, 1.54) is 23.0 Å². The predicted octanol–water partition coefficient (Wildman–Crippen LogP) is 2.14. The predicted molar refractivity (Wildman–Crippen MR) is 64.8 cm³/mol. The number of aryl methyl sites for hydroxylation is 1. The number of hydrogen-bond donors (Lipinski definition) is 1. The van der Waals surface area contributed by atoms with Crippen molar-refractivity contribution < 1.29 is 4.74 Å². The van der Waals surface area contributed by atoms with Crippen molar-refractivity contribution in [3.8, 4) is 5.75 Å². The first-order valence-electron chi connectivity index (χ1n) is 5.75. The summed E-state index contributed by atoms with van der Waals surface area (Å²) < 4.78 is 7.67. The minimum absolute atomic E-state index is 0.932. The summed E-state index contributed by atoms with van der Waals surface area (Å²) in [6.45, 7) is 3.19. The summed E-state index contributed by atoms with van der Waals surface area (Å²) in [5.74, 6) is 0.932. The highest BCUT2D eigenvalue weighted by molar-refractivity contribution is 5.83. The quantitative estimate of drug-likeness (QED) is 0.790. The van der Waals surface area contributed by atoms with Crippen LogP contribution in [0.3, 0.4) is 0 Å². The maximum atomic E-state index is 5.25. The molecule has 1 aromatic heterocycles. The van der Waals surface area contributed by atoms with Crippen LogP contribution >= 0.6 is 0 Å². The van der Waals surface area contributed by atoms with Crippen LogP contribution in [0, 0.1) is 0 Å². The number of benzene rings is 1. The number of fused-ring (bicyclic) bond motifs is 3. The van der Waals surface area contributed by atoms with E-state index >= 15 is 0 Å². The van der Waals surface area contributed by atoms with Crippen molar-refractivity contribution in [1.29, 1.82) is 0 Å². The monoisotopic (exact) mass is 216 g/mol. The lowest BCUT2D eigenvalue weighted by atomic mass is 10.2. The van der Waals surface area contributed by atoms with E-state index < -0.39 is 0 Å². The fourth-order valence-electron chi connectivity index (χ4n) is 2.42. The Bertz CT molecular complexity index is 516. The molecule has 1 N–H and O–H groups in total. The Balaban J connectivity index is 2.17. The molecule has 0 saturated heterocycles. The molecule has 0 fully saturated rings. The van der Waals surface area contributed by atoms with Gasteiger partial charge in [-0.05, 0) is 37.2 Å². The smallest absolute Gasteiger partial charge is 0.119 e. The van der Waals surface area contributed by atoms with Gasteiger partial charge in [0.1, 0.15) is 5.75 Å². The van der Waals surface area contributed by atoms with Crippen LogP contribution in [0.4, 0.5) is 0 Å². The maximum absolute atomic E-state index is 5.25. The minimum Gasteiger partial charge on any atom is -0.497 e. The lowest BCUT2D eigenvalue weighted by molar-refractivity contribution is 0.415. The van der Waals surface area contributed by atoms with Crippen molar-refractivity contribution in [2.24, 2.45) is 0 Å². The number of methoxy groups -OCH3 is 1. The van der Waals surface area contributed by atoms with Crippen LogP contribution in [0.25, 0.3) is 10.9 Å². The van der Waals surface area contributed by atoms with Gasteiger partial charge >= 0.3 is 0 Å². The molecule has 0 aliphatic carbocycles. The third-order valence-corrected chi connectivity index (χ3v) is 3.24. The molecule has 0 unspecified atom stereocenters. The molecule has 0 bridgehead atoms. The summed E-state index contributed by atoms with van der Waals surface area (Å²) >= 11 is 0. The first kappa shape index (κ1) is 9.73. The molecule has 3 heteroatoms. The third-order valence-electron chi connectivity index (χ3n) is 3.24. The second-order valence-corrected chi connectivity index (χ2v) is 4.24. The van der Waals surface area contributed by atoms with E-state index in [0.29, 0.717) is 0 Å². The highest BCUT2D eigenvalue weighted by Gasteiger charge is 2.11. The van der Waals surface area contributed by atoms with Gasteiger partial charge in [0.25, 0.3) is 0 Å². The van der Waals surface area contributed by atoms with E-state index in [4.69, 9.17) is 4.74 Å². The van der Waals surface area contributed by atoms with Crippen molar-refractivity contribution >= 4 is 10.9 Å². The van der Waals surface area contributed by atoms with Gasteiger partial charge in [-0.25, -0.2) is 0 Å². The standard InChI is InChI=1S/C13H16N2O/c1-16-12-3-4-13-10(8-12)7-11-9-14-5-2-6-15(11)13/h3-4,7-8,14H,2,5-6,9H2,1H3. The number of nitrogens with one attached hydrogen (secondary N) is 1. The van der Waals surface area contributed by atoms with E-state index in [9.17, 15) is 0 Å². The average Bonchev–Trinajstić information content (AvgIpc) is 2.50. The van der Waals surface area contributed by atoms with Crippen molar-refractivity contribution in [2.75, 3.05) is 13.7 Å². The van der Waals surface area contributed by atoms with E-state index in [-0.39, 0.29) is 0 Å². The Hall–Kier alpha value is -1.48. The van der Waals surface area contributed by atoms with Gasteiger partial charge in [0.05, 0.1) is 7.11 Å². The normalized spacial score (nSPS) is 15.8. The molecule has 0 saturated carbocycles. The van der Waals surface area contributed by atoms with Gasteiger partial charge in [-0.3, -0.25) is 0 Å². The van der Waals surface area contributed by atoms with Gasteiger partial charge in [-0.15, -0.1) is 0 Å². The molecule has 1 aliphatic rings. The molecule has 0 atom stereocenters. The molecular formula is C13H16N2O. The van der Waals surface area contributed by atoms with Gasteiger partial charge < -0.3 is 14.6 Å². The number of hydrogen-bond acceptors (Lipinski definition) is 2. The SMILES string of the molecule is COc1ccc2c(c1)cc1n2CCCNC1.